The Labute approximate surface area is 100 Å². The molecule has 1 heterocycles. The highest BCUT2D eigenvalue weighted by atomic mass is 32.1. The zero-order valence-corrected chi connectivity index (χ0v) is 10.1. The molecule has 16 heavy (non-hydrogen) atoms. The molecule has 0 fully saturated rings. The summed E-state index contributed by atoms with van der Waals surface area (Å²) in [7, 11) is 0. The van der Waals surface area contributed by atoms with Gasteiger partial charge in [0.25, 0.3) is 0 Å². The number of nitrogens with two attached hydrogens (primary N) is 1. The Morgan fingerprint density at radius 2 is 1.94 bits per heavy atom. The lowest BCUT2D eigenvalue weighted by Gasteiger charge is -2.03. The van der Waals surface area contributed by atoms with Crippen LogP contribution in [0.4, 0.5) is 0 Å². The van der Waals surface area contributed by atoms with E-state index in [1.807, 2.05) is 12.1 Å². The van der Waals surface area contributed by atoms with Gasteiger partial charge in [0.15, 0.2) is 5.76 Å². The predicted octanol–water partition coefficient (Wildman–Crippen LogP) is 3.20. The van der Waals surface area contributed by atoms with Crippen molar-refractivity contribution >= 4 is 17.2 Å². The molecule has 1 aromatic carbocycles. The number of benzene rings is 1. The van der Waals surface area contributed by atoms with Crippen LogP contribution < -0.4 is 5.73 Å². The number of furan rings is 1. The Bertz CT molecular complexity index is 543. The van der Waals surface area contributed by atoms with Crippen molar-refractivity contribution < 1.29 is 4.42 Å². The number of aryl methyl sites for hydroxylation is 2. The summed E-state index contributed by atoms with van der Waals surface area (Å²) in [6.07, 6.45) is 0. The van der Waals surface area contributed by atoms with Crippen molar-refractivity contribution in [3.05, 3.63) is 47.2 Å². The third-order valence-corrected chi connectivity index (χ3v) is 2.70. The van der Waals surface area contributed by atoms with Gasteiger partial charge in [-0.3, -0.25) is 0 Å². The summed E-state index contributed by atoms with van der Waals surface area (Å²) in [5.41, 5.74) is 9.00. The largest absolute Gasteiger partial charge is 0.454 e. The zero-order chi connectivity index (χ0) is 11.7. The van der Waals surface area contributed by atoms with Crippen LogP contribution in [-0.4, -0.2) is 4.99 Å². The maximum Gasteiger partial charge on any atom is 0.161 e. The van der Waals surface area contributed by atoms with Gasteiger partial charge in [0.2, 0.25) is 0 Å². The summed E-state index contributed by atoms with van der Waals surface area (Å²) in [4.78, 5) is 0.288. The van der Waals surface area contributed by atoms with E-state index in [9.17, 15) is 0 Å². The molecule has 0 bridgehead atoms. The van der Waals surface area contributed by atoms with Gasteiger partial charge < -0.3 is 10.2 Å². The number of rotatable bonds is 2. The van der Waals surface area contributed by atoms with Crippen molar-refractivity contribution in [3.8, 4) is 11.3 Å². The van der Waals surface area contributed by atoms with Crippen LogP contribution in [0.5, 0.6) is 0 Å². The van der Waals surface area contributed by atoms with Gasteiger partial charge in [0.1, 0.15) is 10.7 Å². The number of hydrogen-bond donors (Lipinski definition) is 1. The average Bonchev–Trinajstić information content (AvgIpc) is 2.66. The van der Waals surface area contributed by atoms with E-state index in [1.165, 1.54) is 11.1 Å². The highest BCUT2D eigenvalue weighted by molar-refractivity contribution is 7.80. The molecular weight excluding hydrogens is 218 g/mol. The van der Waals surface area contributed by atoms with Crippen molar-refractivity contribution in [3.63, 3.8) is 0 Å². The van der Waals surface area contributed by atoms with Gasteiger partial charge in [-0.2, -0.15) is 0 Å². The van der Waals surface area contributed by atoms with E-state index < -0.39 is 0 Å². The second-order valence-electron chi connectivity index (χ2n) is 3.85. The standard InChI is InChI=1S/C13H13NOS/c1-8-3-4-10(9(2)7-8)11-5-6-12(15-11)13(14)16/h3-7H,1-2H3,(H2,14,16). The molecule has 0 amide bonds. The summed E-state index contributed by atoms with van der Waals surface area (Å²) < 4.78 is 5.59. The minimum Gasteiger partial charge on any atom is -0.454 e. The van der Waals surface area contributed by atoms with E-state index in [0.29, 0.717) is 5.76 Å². The first-order valence-corrected chi connectivity index (χ1v) is 5.46. The molecule has 0 saturated carbocycles. The van der Waals surface area contributed by atoms with E-state index in [0.717, 1.165) is 11.3 Å². The Kier molecular flexibility index (Phi) is 2.79. The lowest BCUT2D eigenvalue weighted by atomic mass is 10.0. The molecule has 0 saturated heterocycles. The van der Waals surface area contributed by atoms with Crippen molar-refractivity contribution in [1.29, 1.82) is 0 Å². The normalized spacial score (nSPS) is 10.4. The summed E-state index contributed by atoms with van der Waals surface area (Å²) in [6, 6.07) is 9.93. The molecule has 2 nitrogen and oxygen atoms in total. The Balaban J connectivity index is 2.46. The molecule has 3 heteroatoms. The van der Waals surface area contributed by atoms with Gasteiger partial charge in [0.05, 0.1) is 0 Å². The molecule has 2 aromatic rings. The quantitative estimate of drug-likeness (QED) is 0.807. The molecule has 2 N–H and O–H groups in total. The van der Waals surface area contributed by atoms with Gasteiger partial charge >= 0.3 is 0 Å². The fourth-order valence-corrected chi connectivity index (χ4v) is 1.81. The highest BCUT2D eigenvalue weighted by Gasteiger charge is 2.08. The maximum absolute atomic E-state index is 5.59. The third kappa shape index (κ3) is 1.99. The molecule has 0 aliphatic carbocycles. The first-order valence-electron chi connectivity index (χ1n) is 5.05. The molecular formula is C13H13NOS. The summed E-state index contributed by atoms with van der Waals surface area (Å²) in [5.74, 6) is 1.37. The topological polar surface area (TPSA) is 39.2 Å². The Hall–Kier alpha value is -1.61. The molecule has 0 aliphatic rings. The van der Waals surface area contributed by atoms with Crippen molar-refractivity contribution in [2.45, 2.75) is 13.8 Å². The van der Waals surface area contributed by atoms with Gasteiger partial charge in [-0.25, -0.2) is 0 Å². The minimum atomic E-state index is 0.288. The molecule has 2 rings (SSSR count). The first-order chi connectivity index (χ1) is 7.58. The summed E-state index contributed by atoms with van der Waals surface area (Å²) in [5, 5.41) is 0. The SMILES string of the molecule is Cc1ccc(-c2ccc(C(N)=S)o2)c(C)c1. The fraction of sp³-hybridized carbons (Fsp3) is 0.154. The Morgan fingerprint density at radius 3 is 2.50 bits per heavy atom. The van der Waals surface area contributed by atoms with Gasteiger partial charge in [-0.05, 0) is 31.5 Å². The van der Waals surface area contributed by atoms with E-state index in [-0.39, 0.29) is 4.99 Å². The zero-order valence-electron chi connectivity index (χ0n) is 9.28. The lowest BCUT2D eigenvalue weighted by molar-refractivity contribution is 0.573. The highest BCUT2D eigenvalue weighted by Crippen LogP contribution is 2.26. The van der Waals surface area contributed by atoms with Crippen LogP contribution >= 0.6 is 12.2 Å². The van der Waals surface area contributed by atoms with Crippen LogP contribution in [0.1, 0.15) is 16.9 Å². The molecule has 0 spiro atoms. The van der Waals surface area contributed by atoms with E-state index in [1.54, 1.807) is 6.07 Å². The van der Waals surface area contributed by atoms with Crippen LogP contribution in [0.15, 0.2) is 34.7 Å². The van der Waals surface area contributed by atoms with Crippen LogP contribution in [0.2, 0.25) is 0 Å². The number of thiocarbonyl (C=S) groups is 1. The van der Waals surface area contributed by atoms with Crippen LogP contribution in [0.25, 0.3) is 11.3 Å². The predicted molar refractivity (Wildman–Crippen MR) is 69.5 cm³/mol. The maximum atomic E-state index is 5.59. The van der Waals surface area contributed by atoms with Crippen LogP contribution in [-0.2, 0) is 0 Å². The first kappa shape index (κ1) is 10.9. The van der Waals surface area contributed by atoms with E-state index in [2.05, 4.69) is 26.0 Å². The Morgan fingerprint density at radius 1 is 1.19 bits per heavy atom. The van der Waals surface area contributed by atoms with E-state index >= 15 is 0 Å². The molecule has 0 atom stereocenters. The smallest absolute Gasteiger partial charge is 0.161 e. The summed E-state index contributed by atoms with van der Waals surface area (Å²) >= 11 is 4.86. The fourth-order valence-electron chi connectivity index (χ4n) is 1.71. The van der Waals surface area contributed by atoms with Gasteiger partial charge in [-0.15, -0.1) is 0 Å². The molecule has 0 radical (unpaired) electrons. The van der Waals surface area contributed by atoms with Crippen LogP contribution in [0.3, 0.4) is 0 Å². The molecule has 0 aliphatic heterocycles. The average molecular weight is 231 g/mol. The van der Waals surface area contributed by atoms with Crippen molar-refractivity contribution in [2.75, 3.05) is 0 Å². The van der Waals surface area contributed by atoms with Gasteiger partial charge in [0, 0.05) is 5.56 Å². The van der Waals surface area contributed by atoms with Crippen LogP contribution in [0, 0.1) is 13.8 Å². The minimum absolute atomic E-state index is 0.288. The lowest BCUT2D eigenvalue weighted by Crippen LogP contribution is -2.07. The number of hydrogen-bond acceptors (Lipinski definition) is 2. The third-order valence-electron chi connectivity index (χ3n) is 2.50. The molecule has 0 unspecified atom stereocenters. The van der Waals surface area contributed by atoms with Crippen molar-refractivity contribution in [2.24, 2.45) is 5.73 Å². The molecule has 82 valence electrons. The van der Waals surface area contributed by atoms with Crippen molar-refractivity contribution in [1.82, 2.24) is 0 Å². The second kappa shape index (κ2) is 4.10. The summed E-state index contributed by atoms with van der Waals surface area (Å²) in [6.45, 7) is 4.13. The van der Waals surface area contributed by atoms with Gasteiger partial charge in [-0.1, -0.05) is 36.0 Å². The monoisotopic (exact) mass is 231 g/mol. The molecule has 1 aromatic heterocycles. The van der Waals surface area contributed by atoms with E-state index in [4.69, 9.17) is 22.4 Å². The second-order valence-corrected chi connectivity index (χ2v) is 4.29.